The summed E-state index contributed by atoms with van der Waals surface area (Å²) < 4.78 is 0.854. The summed E-state index contributed by atoms with van der Waals surface area (Å²) in [4.78, 5) is 42.9. The van der Waals surface area contributed by atoms with E-state index in [1.54, 1.807) is 34.9 Å². The van der Waals surface area contributed by atoms with Gasteiger partial charge in [0.1, 0.15) is 0 Å². The number of benzene rings is 1. The van der Waals surface area contributed by atoms with Crippen molar-refractivity contribution in [1.29, 1.82) is 0 Å². The first-order valence-corrected chi connectivity index (χ1v) is 8.48. The number of anilines is 1. The van der Waals surface area contributed by atoms with E-state index in [0.717, 1.165) is 10.2 Å². The lowest BCUT2D eigenvalue weighted by Crippen LogP contribution is -2.50. The van der Waals surface area contributed by atoms with Crippen molar-refractivity contribution in [1.82, 2.24) is 14.8 Å². The summed E-state index contributed by atoms with van der Waals surface area (Å²) >= 11 is 1.34. The summed E-state index contributed by atoms with van der Waals surface area (Å²) in [6.45, 7) is 5.18. The minimum atomic E-state index is -0.173. The number of fused-ring (bicyclic) bond motifs is 1. The fourth-order valence-electron chi connectivity index (χ4n) is 2.67. The third-order valence-electron chi connectivity index (χ3n) is 3.93. The minimum absolute atomic E-state index is 0.0404. The Labute approximate surface area is 143 Å². The first-order chi connectivity index (χ1) is 11.4. The molecular formula is C16H18N4O3S. The molecule has 1 aliphatic rings. The highest BCUT2D eigenvalue weighted by Crippen LogP contribution is 2.27. The van der Waals surface area contributed by atoms with Crippen LogP contribution in [0.1, 0.15) is 24.2 Å². The number of hydrogen-bond donors (Lipinski definition) is 1. The molecule has 8 heteroatoms. The molecule has 24 heavy (non-hydrogen) atoms. The lowest BCUT2D eigenvalue weighted by Gasteiger charge is -2.34. The van der Waals surface area contributed by atoms with Crippen molar-refractivity contribution in [3.05, 3.63) is 23.8 Å². The maximum Gasteiger partial charge on any atom is 0.254 e. The van der Waals surface area contributed by atoms with Crippen molar-refractivity contribution in [3.63, 3.8) is 0 Å². The molecule has 0 unspecified atom stereocenters. The van der Waals surface area contributed by atoms with Crippen LogP contribution in [0.15, 0.2) is 18.2 Å². The van der Waals surface area contributed by atoms with Crippen LogP contribution in [0, 0.1) is 0 Å². The van der Waals surface area contributed by atoms with E-state index in [1.165, 1.54) is 18.3 Å². The van der Waals surface area contributed by atoms with Gasteiger partial charge in [-0.3, -0.25) is 14.4 Å². The Kier molecular flexibility index (Phi) is 4.48. The van der Waals surface area contributed by atoms with Crippen LogP contribution < -0.4 is 5.32 Å². The number of piperazine rings is 1. The van der Waals surface area contributed by atoms with Crippen LogP contribution in [0.25, 0.3) is 10.2 Å². The van der Waals surface area contributed by atoms with Gasteiger partial charge in [0.15, 0.2) is 5.13 Å². The Morgan fingerprint density at radius 2 is 1.75 bits per heavy atom. The van der Waals surface area contributed by atoms with E-state index in [2.05, 4.69) is 10.3 Å². The van der Waals surface area contributed by atoms with Crippen LogP contribution in [0.3, 0.4) is 0 Å². The SMILES string of the molecule is CC(=O)Nc1nc2ccc(C(=O)N3CCN(C(C)=O)CC3)cc2s1. The predicted molar refractivity (Wildman–Crippen MR) is 92.1 cm³/mol. The molecule has 3 rings (SSSR count). The molecule has 0 aliphatic carbocycles. The largest absolute Gasteiger partial charge is 0.339 e. The number of hydrogen-bond acceptors (Lipinski definition) is 5. The van der Waals surface area contributed by atoms with Crippen LogP contribution in [0.4, 0.5) is 5.13 Å². The van der Waals surface area contributed by atoms with Crippen molar-refractivity contribution in [2.24, 2.45) is 0 Å². The van der Waals surface area contributed by atoms with Crippen LogP contribution >= 0.6 is 11.3 Å². The Bertz CT molecular complexity index is 809. The molecule has 0 atom stereocenters. The first-order valence-electron chi connectivity index (χ1n) is 7.67. The lowest BCUT2D eigenvalue weighted by atomic mass is 10.1. The van der Waals surface area contributed by atoms with Gasteiger partial charge in [0.25, 0.3) is 5.91 Å². The van der Waals surface area contributed by atoms with Crippen molar-refractivity contribution in [2.75, 3.05) is 31.5 Å². The monoisotopic (exact) mass is 346 g/mol. The zero-order chi connectivity index (χ0) is 17.3. The average Bonchev–Trinajstić information content (AvgIpc) is 2.94. The molecule has 0 spiro atoms. The van der Waals surface area contributed by atoms with Crippen molar-refractivity contribution in [3.8, 4) is 0 Å². The summed E-state index contributed by atoms with van der Waals surface area (Å²) in [6.07, 6.45) is 0. The van der Waals surface area contributed by atoms with E-state index in [4.69, 9.17) is 0 Å². The molecule has 1 aromatic carbocycles. The number of aromatic nitrogens is 1. The molecule has 1 aromatic heterocycles. The Morgan fingerprint density at radius 3 is 2.38 bits per heavy atom. The van der Waals surface area contributed by atoms with E-state index < -0.39 is 0 Å². The lowest BCUT2D eigenvalue weighted by molar-refractivity contribution is -0.130. The standard InChI is InChI=1S/C16H18N4O3S/c1-10(21)17-16-18-13-4-3-12(9-14(13)24-16)15(23)20-7-5-19(6-8-20)11(2)22/h3-4,9H,5-8H2,1-2H3,(H,17,18,21). The van der Waals surface area contributed by atoms with Crippen LogP contribution in [0.5, 0.6) is 0 Å². The molecule has 2 aromatic rings. The van der Waals surface area contributed by atoms with Crippen molar-refractivity contribution in [2.45, 2.75) is 13.8 Å². The summed E-state index contributed by atoms with van der Waals surface area (Å²) in [6, 6.07) is 5.34. The van der Waals surface area contributed by atoms with Crippen molar-refractivity contribution >= 4 is 44.4 Å². The molecule has 2 heterocycles. The zero-order valence-corrected chi connectivity index (χ0v) is 14.4. The summed E-state index contributed by atoms with van der Waals surface area (Å²) in [5.41, 5.74) is 1.35. The fourth-order valence-corrected chi connectivity index (χ4v) is 3.62. The van der Waals surface area contributed by atoms with E-state index in [9.17, 15) is 14.4 Å². The van der Waals surface area contributed by atoms with Gasteiger partial charge >= 0.3 is 0 Å². The van der Waals surface area contributed by atoms with Crippen LogP contribution in [-0.4, -0.2) is 58.7 Å². The number of carbonyl (C=O) groups excluding carboxylic acids is 3. The molecular weight excluding hydrogens is 328 g/mol. The molecule has 1 saturated heterocycles. The van der Waals surface area contributed by atoms with Gasteiger partial charge < -0.3 is 15.1 Å². The topological polar surface area (TPSA) is 82.6 Å². The van der Waals surface area contributed by atoms with Crippen LogP contribution in [-0.2, 0) is 9.59 Å². The molecule has 1 N–H and O–H groups in total. The number of nitrogens with zero attached hydrogens (tertiary/aromatic N) is 3. The Hall–Kier alpha value is -2.48. The second-order valence-corrected chi connectivity index (χ2v) is 6.71. The summed E-state index contributed by atoms with van der Waals surface area (Å²) in [7, 11) is 0. The number of thiazole rings is 1. The third kappa shape index (κ3) is 3.38. The first kappa shape index (κ1) is 16.4. The van der Waals surface area contributed by atoms with E-state index in [1.807, 2.05) is 0 Å². The molecule has 1 fully saturated rings. The Morgan fingerprint density at radius 1 is 1.08 bits per heavy atom. The van der Waals surface area contributed by atoms with Crippen LogP contribution in [0.2, 0.25) is 0 Å². The maximum atomic E-state index is 12.6. The quantitative estimate of drug-likeness (QED) is 0.894. The number of rotatable bonds is 2. The van der Waals surface area contributed by atoms with Gasteiger partial charge in [-0.25, -0.2) is 4.98 Å². The minimum Gasteiger partial charge on any atom is -0.339 e. The average molecular weight is 346 g/mol. The Balaban J connectivity index is 1.75. The second-order valence-electron chi connectivity index (χ2n) is 5.68. The molecule has 3 amide bonds. The number of nitrogens with one attached hydrogen (secondary N) is 1. The van der Waals surface area contributed by atoms with Gasteiger partial charge in [0.2, 0.25) is 11.8 Å². The normalized spacial score (nSPS) is 14.8. The fraction of sp³-hybridized carbons (Fsp3) is 0.375. The van der Waals surface area contributed by atoms with Crippen molar-refractivity contribution < 1.29 is 14.4 Å². The third-order valence-corrected chi connectivity index (χ3v) is 4.86. The highest BCUT2D eigenvalue weighted by atomic mass is 32.1. The maximum absolute atomic E-state index is 12.6. The molecule has 7 nitrogen and oxygen atoms in total. The van der Waals surface area contributed by atoms with Gasteiger partial charge in [0.05, 0.1) is 10.2 Å². The highest BCUT2D eigenvalue weighted by molar-refractivity contribution is 7.22. The molecule has 0 radical (unpaired) electrons. The highest BCUT2D eigenvalue weighted by Gasteiger charge is 2.23. The molecule has 0 saturated carbocycles. The molecule has 0 bridgehead atoms. The van der Waals surface area contributed by atoms with E-state index in [-0.39, 0.29) is 17.7 Å². The summed E-state index contributed by atoms with van der Waals surface area (Å²) in [5.74, 6) is -0.179. The van der Waals surface area contributed by atoms with Gasteiger partial charge in [-0.05, 0) is 18.2 Å². The smallest absolute Gasteiger partial charge is 0.254 e. The zero-order valence-electron chi connectivity index (χ0n) is 13.5. The van der Waals surface area contributed by atoms with E-state index >= 15 is 0 Å². The van der Waals surface area contributed by atoms with Gasteiger partial charge in [-0.15, -0.1) is 0 Å². The second kappa shape index (κ2) is 6.56. The summed E-state index contributed by atoms with van der Waals surface area (Å²) in [5, 5.41) is 3.18. The number of carbonyl (C=O) groups is 3. The van der Waals surface area contributed by atoms with E-state index in [0.29, 0.717) is 36.9 Å². The number of amides is 3. The van der Waals surface area contributed by atoms with Gasteiger partial charge in [-0.2, -0.15) is 0 Å². The predicted octanol–water partition coefficient (Wildman–Crippen LogP) is 1.56. The van der Waals surface area contributed by atoms with Gasteiger partial charge in [-0.1, -0.05) is 11.3 Å². The molecule has 126 valence electrons. The molecule has 1 aliphatic heterocycles. The van der Waals surface area contributed by atoms with Gasteiger partial charge in [0, 0.05) is 45.6 Å².